The van der Waals surface area contributed by atoms with Crippen LogP contribution in [0.25, 0.3) is 0 Å². The van der Waals surface area contributed by atoms with Crippen LogP contribution >= 0.6 is 11.6 Å². The number of hydrogen-bond acceptors (Lipinski definition) is 3. The predicted octanol–water partition coefficient (Wildman–Crippen LogP) is 4.12. The second kappa shape index (κ2) is 9.79. The maximum Gasteiger partial charge on any atom is 0.255 e. The van der Waals surface area contributed by atoms with Crippen LogP contribution in [0.5, 0.6) is 5.75 Å². The number of nitrogens with zero attached hydrogens (tertiary/aromatic N) is 1. The Hall–Kier alpha value is -2.53. The Kier molecular flexibility index (Phi) is 7.15. The molecule has 0 aromatic heterocycles. The second-order valence-corrected chi connectivity index (χ2v) is 7.73. The lowest BCUT2D eigenvalue weighted by Gasteiger charge is -2.18. The number of methoxy groups -OCH3 is 1. The Morgan fingerprint density at radius 3 is 2.69 bits per heavy atom. The third-order valence-corrected chi connectivity index (χ3v) is 5.73. The molecule has 2 aromatic carbocycles. The average molecular weight is 415 g/mol. The highest BCUT2D eigenvalue weighted by molar-refractivity contribution is 6.33. The van der Waals surface area contributed by atoms with Crippen LogP contribution in [0, 0.1) is 5.92 Å². The van der Waals surface area contributed by atoms with Gasteiger partial charge in [-0.3, -0.25) is 9.59 Å². The number of carbonyl (C=O) groups is 2. The van der Waals surface area contributed by atoms with E-state index < -0.39 is 0 Å². The number of carbonyl (C=O) groups excluding carboxylic acids is 2. The SMILES string of the molecule is CCCCNC(=O)C1CN(C(=O)c2ccccc2Cl)CC1c1cccc(OC)c1. The highest BCUT2D eigenvalue weighted by atomic mass is 35.5. The quantitative estimate of drug-likeness (QED) is 0.693. The van der Waals surface area contributed by atoms with Gasteiger partial charge < -0.3 is 15.0 Å². The van der Waals surface area contributed by atoms with Crippen LogP contribution in [0.4, 0.5) is 0 Å². The van der Waals surface area contributed by atoms with Gasteiger partial charge in [-0.2, -0.15) is 0 Å². The number of rotatable bonds is 7. The summed E-state index contributed by atoms with van der Waals surface area (Å²) in [5.74, 6) is 0.167. The van der Waals surface area contributed by atoms with Gasteiger partial charge >= 0.3 is 0 Å². The molecule has 2 amide bonds. The summed E-state index contributed by atoms with van der Waals surface area (Å²) < 4.78 is 5.35. The fraction of sp³-hybridized carbons (Fsp3) is 0.391. The normalized spacial score (nSPS) is 18.5. The van der Waals surface area contributed by atoms with E-state index in [2.05, 4.69) is 12.2 Å². The first-order valence-corrected chi connectivity index (χ1v) is 10.4. The molecule has 0 saturated carbocycles. The highest BCUT2D eigenvalue weighted by Crippen LogP contribution is 2.35. The molecular formula is C23H27ClN2O3. The van der Waals surface area contributed by atoms with Crippen molar-refractivity contribution in [2.45, 2.75) is 25.7 Å². The van der Waals surface area contributed by atoms with Gasteiger partial charge in [0.2, 0.25) is 5.91 Å². The summed E-state index contributed by atoms with van der Waals surface area (Å²) in [6.07, 6.45) is 1.95. The lowest BCUT2D eigenvalue weighted by Crippen LogP contribution is -2.36. The molecule has 1 heterocycles. The Morgan fingerprint density at radius 1 is 1.17 bits per heavy atom. The molecule has 0 radical (unpaired) electrons. The summed E-state index contributed by atoms with van der Waals surface area (Å²) in [5, 5.41) is 3.45. The monoisotopic (exact) mass is 414 g/mol. The number of benzene rings is 2. The highest BCUT2D eigenvalue weighted by Gasteiger charge is 2.40. The van der Waals surface area contributed by atoms with E-state index in [1.54, 1.807) is 36.3 Å². The van der Waals surface area contributed by atoms with E-state index in [1.165, 1.54) is 0 Å². The number of unbranched alkanes of at least 4 members (excludes halogenated alkanes) is 1. The first-order chi connectivity index (χ1) is 14.0. The molecule has 1 N–H and O–H groups in total. The zero-order chi connectivity index (χ0) is 20.8. The largest absolute Gasteiger partial charge is 0.497 e. The maximum absolute atomic E-state index is 13.1. The van der Waals surface area contributed by atoms with Crippen LogP contribution in [-0.4, -0.2) is 43.5 Å². The predicted molar refractivity (Wildman–Crippen MR) is 114 cm³/mol. The maximum atomic E-state index is 13.1. The van der Waals surface area contributed by atoms with Gasteiger partial charge in [0.15, 0.2) is 0 Å². The molecule has 6 heteroatoms. The van der Waals surface area contributed by atoms with Crippen molar-refractivity contribution in [2.24, 2.45) is 5.92 Å². The lowest BCUT2D eigenvalue weighted by molar-refractivity contribution is -0.124. The average Bonchev–Trinajstić information content (AvgIpc) is 3.19. The Morgan fingerprint density at radius 2 is 1.97 bits per heavy atom. The minimum absolute atomic E-state index is 0.0132. The number of ether oxygens (including phenoxy) is 1. The van der Waals surface area contributed by atoms with Crippen molar-refractivity contribution in [1.82, 2.24) is 10.2 Å². The number of hydrogen-bond donors (Lipinski definition) is 1. The smallest absolute Gasteiger partial charge is 0.255 e. The Balaban J connectivity index is 1.86. The van der Waals surface area contributed by atoms with E-state index in [4.69, 9.17) is 16.3 Å². The van der Waals surface area contributed by atoms with Crippen LogP contribution in [0.3, 0.4) is 0 Å². The molecule has 2 unspecified atom stereocenters. The summed E-state index contributed by atoms with van der Waals surface area (Å²) in [6.45, 7) is 3.56. The van der Waals surface area contributed by atoms with Crippen LogP contribution in [-0.2, 0) is 4.79 Å². The Labute approximate surface area is 177 Å². The van der Waals surface area contributed by atoms with Gasteiger partial charge in [0.25, 0.3) is 5.91 Å². The zero-order valence-corrected chi connectivity index (χ0v) is 17.6. The van der Waals surface area contributed by atoms with E-state index in [1.807, 2.05) is 24.3 Å². The summed E-state index contributed by atoms with van der Waals surface area (Å²) in [5.41, 5.74) is 1.46. The van der Waals surface area contributed by atoms with Gasteiger partial charge in [-0.25, -0.2) is 0 Å². The van der Waals surface area contributed by atoms with Crippen molar-refractivity contribution in [1.29, 1.82) is 0 Å². The van der Waals surface area contributed by atoms with Gasteiger partial charge in [-0.1, -0.05) is 49.2 Å². The fourth-order valence-corrected chi connectivity index (χ4v) is 3.99. The minimum atomic E-state index is -0.314. The number of halogens is 1. The van der Waals surface area contributed by atoms with Gasteiger partial charge in [-0.05, 0) is 36.2 Å². The van der Waals surface area contributed by atoms with E-state index in [0.717, 1.165) is 24.2 Å². The molecule has 5 nitrogen and oxygen atoms in total. The number of amides is 2. The Bertz CT molecular complexity index is 871. The molecule has 29 heavy (non-hydrogen) atoms. The lowest BCUT2D eigenvalue weighted by atomic mass is 9.88. The van der Waals surface area contributed by atoms with Crippen LogP contribution < -0.4 is 10.1 Å². The third-order valence-electron chi connectivity index (χ3n) is 5.40. The molecule has 1 aliphatic rings. The molecule has 2 atom stereocenters. The van der Waals surface area contributed by atoms with Gasteiger partial charge in [0, 0.05) is 25.6 Å². The molecule has 154 valence electrons. The first-order valence-electron chi connectivity index (χ1n) is 10.0. The molecule has 1 saturated heterocycles. The van der Waals surface area contributed by atoms with Crippen molar-refractivity contribution >= 4 is 23.4 Å². The van der Waals surface area contributed by atoms with E-state index in [-0.39, 0.29) is 23.7 Å². The van der Waals surface area contributed by atoms with Gasteiger partial charge in [0.05, 0.1) is 23.6 Å². The van der Waals surface area contributed by atoms with Crippen molar-refractivity contribution in [3.05, 3.63) is 64.7 Å². The van der Waals surface area contributed by atoms with Crippen molar-refractivity contribution < 1.29 is 14.3 Å². The summed E-state index contributed by atoms with van der Waals surface area (Å²) in [6, 6.07) is 14.7. The van der Waals surface area contributed by atoms with Crippen LogP contribution in [0.15, 0.2) is 48.5 Å². The molecule has 0 aliphatic carbocycles. The molecule has 1 fully saturated rings. The fourth-order valence-electron chi connectivity index (χ4n) is 3.77. The summed E-state index contributed by atoms with van der Waals surface area (Å²) >= 11 is 6.23. The summed E-state index contributed by atoms with van der Waals surface area (Å²) in [7, 11) is 1.62. The molecule has 3 rings (SSSR count). The van der Waals surface area contributed by atoms with Crippen molar-refractivity contribution in [3.63, 3.8) is 0 Å². The second-order valence-electron chi connectivity index (χ2n) is 7.32. The molecular weight excluding hydrogens is 388 g/mol. The molecule has 0 bridgehead atoms. The molecule has 0 spiro atoms. The van der Waals surface area contributed by atoms with Gasteiger partial charge in [-0.15, -0.1) is 0 Å². The standard InChI is InChI=1S/C23H27ClN2O3/c1-3-4-12-25-22(27)20-15-26(23(28)18-10-5-6-11-21(18)24)14-19(20)16-8-7-9-17(13-16)29-2/h5-11,13,19-20H,3-4,12,14-15H2,1-2H3,(H,25,27). The van der Waals surface area contributed by atoms with Crippen molar-refractivity contribution in [2.75, 3.05) is 26.7 Å². The van der Waals surface area contributed by atoms with E-state index in [0.29, 0.717) is 30.2 Å². The van der Waals surface area contributed by atoms with E-state index in [9.17, 15) is 9.59 Å². The zero-order valence-electron chi connectivity index (χ0n) is 16.9. The van der Waals surface area contributed by atoms with Crippen molar-refractivity contribution in [3.8, 4) is 5.75 Å². The number of nitrogens with one attached hydrogen (secondary N) is 1. The van der Waals surface area contributed by atoms with E-state index >= 15 is 0 Å². The molecule has 1 aliphatic heterocycles. The topological polar surface area (TPSA) is 58.6 Å². The first kappa shape index (κ1) is 21.2. The van der Waals surface area contributed by atoms with Gasteiger partial charge in [0.1, 0.15) is 5.75 Å². The van der Waals surface area contributed by atoms with Crippen LogP contribution in [0.1, 0.15) is 41.6 Å². The number of likely N-dealkylation sites (tertiary alicyclic amines) is 1. The minimum Gasteiger partial charge on any atom is -0.497 e. The third kappa shape index (κ3) is 4.91. The summed E-state index contributed by atoms with van der Waals surface area (Å²) in [4.78, 5) is 27.7. The van der Waals surface area contributed by atoms with Crippen LogP contribution in [0.2, 0.25) is 5.02 Å². The molecule has 2 aromatic rings.